The van der Waals surface area contributed by atoms with Gasteiger partial charge in [0.15, 0.2) is 0 Å². The van der Waals surface area contributed by atoms with E-state index in [0.717, 1.165) is 19.3 Å². The normalized spacial score (nSPS) is 21.3. The zero-order chi connectivity index (χ0) is 15.8. The molecule has 1 aliphatic carbocycles. The largest absolute Gasteiger partial charge is 0.353 e. The van der Waals surface area contributed by atoms with Gasteiger partial charge >= 0.3 is 0 Å². The lowest BCUT2D eigenvalue weighted by molar-refractivity contribution is -0.126. The van der Waals surface area contributed by atoms with Gasteiger partial charge in [-0.1, -0.05) is 37.6 Å². The molecule has 0 saturated heterocycles. The van der Waals surface area contributed by atoms with E-state index in [-0.39, 0.29) is 22.4 Å². The van der Waals surface area contributed by atoms with Gasteiger partial charge in [0.1, 0.15) is 5.82 Å². The number of rotatable bonds is 3. The quantitative estimate of drug-likeness (QED) is 0.878. The van der Waals surface area contributed by atoms with Crippen molar-refractivity contribution in [1.29, 1.82) is 0 Å². The van der Waals surface area contributed by atoms with Crippen LogP contribution in [0.15, 0.2) is 18.2 Å². The van der Waals surface area contributed by atoms with E-state index in [1.165, 1.54) is 6.07 Å². The topological polar surface area (TPSA) is 29.1 Å². The number of benzene rings is 1. The molecule has 1 aromatic carbocycles. The number of halogens is 2. The molecule has 0 radical (unpaired) electrons. The van der Waals surface area contributed by atoms with Crippen LogP contribution in [0.25, 0.3) is 0 Å². The van der Waals surface area contributed by atoms with E-state index in [0.29, 0.717) is 5.56 Å². The standard InChI is InChI=1S/C17H23ClFNO/c1-16(2)9-8-11(10-16)20-15(21)17(3,4)12-6-5-7-13(18)14(12)19/h5-7,11H,8-10H2,1-4H3,(H,20,21). The molecule has 0 spiro atoms. The Hall–Kier alpha value is -1.09. The summed E-state index contributed by atoms with van der Waals surface area (Å²) in [6.45, 7) is 7.89. The van der Waals surface area contributed by atoms with Crippen molar-refractivity contribution in [1.82, 2.24) is 5.32 Å². The lowest BCUT2D eigenvalue weighted by Gasteiger charge is -2.27. The summed E-state index contributed by atoms with van der Waals surface area (Å²) >= 11 is 5.83. The Morgan fingerprint density at radius 1 is 1.43 bits per heavy atom. The maximum absolute atomic E-state index is 14.2. The van der Waals surface area contributed by atoms with Gasteiger partial charge in [-0.3, -0.25) is 4.79 Å². The van der Waals surface area contributed by atoms with Crippen LogP contribution in [0.5, 0.6) is 0 Å². The lowest BCUT2D eigenvalue weighted by Crippen LogP contribution is -2.45. The summed E-state index contributed by atoms with van der Waals surface area (Å²) in [6, 6.07) is 4.97. The average molecular weight is 312 g/mol. The molecule has 1 atom stereocenters. The third-order valence-corrected chi connectivity index (χ3v) is 4.79. The van der Waals surface area contributed by atoms with Crippen LogP contribution in [0.3, 0.4) is 0 Å². The summed E-state index contributed by atoms with van der Waals surface area (Å²) in [7, 11) is 0. The number of carbonyl (C=O) groups excluding carboxylic acids is 1. The molecule has 2 rings (SSSR count). The van der Waals surface area contributed by atoms with Crippen molar-refractivity contribution in [2.75, 3.05) is 0 Å². The highest BCUT2D eigenvalue weighted by molar-refractivity contribution is 6.30. The summed E-state index contributed by atoms with van der Waals surface area (Å²) in [5.74, 6) is -0.655. The zero-order valence-electron chi connectivity index (χ0n) is 13.1. The number of amides is 1. The molecule has 116 valence electrons. The van der Waals surface area contributed by atoms with E-state index >= 15 is 0 Å². The Balaban J connectivity index is 2.16. The molecule has 1 aromatic rings. The zero-order valence-corrected chi connectivity index (χ0v) is 13.9. The Morgan fingerprint density at radius 2 is 2.10 bits per heavy atom. The summed E-state index contributed by atoms with van der Waals surface area (Å²) in [5, 5.41) is 3.12. The second kappa shape index (κ2) is 5.60. The third kappa shape index (κ3) is 3.39. The van der Waals surface area contributed by atoms with Crippen LogP contribution >= 0.6 is 11.6 Å². The van der Waals surface area contributed by atoms with Crippen molar-refractivity contribution < 1.29 is 9.18 Å². The third-order valence-electron chi connectivity index (χ3n) is 4.50. The predicted octanol–water partition coefficient (Wildman–Crippen LogP) is 4.45. The molecule has 0 aliphatic heterocycles. The second-order valence-corrected chi connectivity index (χ2v) is 7.71. The highest BCUT2D eigenvalue weighted by Gasteiger charge is 2.37. The molecule has 1 unspecified atom stereocenters. The van der Waals surface area contributed by atoms with E-state index in [9.17, 15) is 9.18 Å². The molecular formula is C17H23ClFNO. The van der Waals surface area contributed by atoms with Crippen LogP contribution in [-0.2, 0) is 10.2 Å². The fraction of sp³-hybridized carbons (Fsp3) is 0.588. The first kappa shape index (κ1) is 16.3. The van der Waals surface area contributed by atoms with E-state index in [2.05, 4.69) is 19.2 Å². The van der Waals surface area contributed by atoms with Crippen LogP contribution < -0.4 is 5.32 Å². The number of carbonyl (C=O) groups is 1. The molecule has 21 heavy (non-hydrogen) atoms. The number of hydrogen-bond donors (Lipinski definition) is 1. The summed E-state index contributed by atoms with van der Waals surface area (Å²) < 4.78 is 14.2. The molecule has 1 saturated carbocycles. The van der Waals surface area contributed by atoms with Crippen molar-refractivity contribution >= 4 is 17.5 Å². The van der Waals surface area contributed by atoms with Gasteiger partial charge in [0, 0.05) is 11.6 Å². The van der Waals surface area contributed by atoms with Crippen LogP contribution in [-0.4, -0.2) is 11.9 Å². The predicted molar refractivity (Wildman–Crippen MR) is 84.0 cm³/mol. The average Bonchev–Trinajstić information content (AvgIpc) is 2.71. The van der Waals surface area contributed by atoms with Gasteiger partial charge in [-0.05, 0) is 44.6 Å². The number of nitrogens with one attached hydrogen (secondary N) is 1. The van der Waals surface area contributed by atoms with Crippen LogP contribution in [0, 0.1) is 11.2 Å². The highest BCUT2D eigenvalue weighted by Crippen LogP contribution is 2.37. The molecule has 1 N–H and O–H groups in total. The second-order valence-electron chi connectivity index (χ2n) is 7.30. The van der Waals surface area contributed by atoms with Crippen molar-refractivity contribution in [3.63, 3.8) is 0 Å². The van der Waals surface area contributed by atoms with Crippen LogP contribution in [0.4, 0.5) is 4.39 Å². The van der Waals surface area contributed by atoms with Crippen molar-refractivity contribution in [2.45, 2.75) is 58.4 Å². The Bertz CT molecular complexity index is 554. The van der Waals surface area contributed by atoms with Gasteiger partial charge in [-0.25, -0.2) is 4.39 Å². The van der Waals surface area contributed by atoms with Crippen molar-refractivity contribution in [3.05, 3.63) is 34.6 Å². The highest BCUT2D eigenvalue weighted by atomic mass is 35.5. The van der Waals surface area contributed by atoms with Crippen molar-refractivity contribution in [2.24, 2.45) is 5.41 Å². The van der Waals surface area contributed by atoms with Gasteiger partial charge < -0.3 is 5.32 Å². The van der Waals surface area contributed by atoms with Crippen LogP contribution in [0.2, 0.25) is 5.02 Å². The van der Waals surface area contributed by atoms with E-state index < -0.39 is 11.2 Å². The van der Waals surface area contributed by atoms with Gasteiger partial charge in [0.25, 0.3) is 0 Å². The maximum Gasteiger partial charge on any atom is 0.230 e. The molecule has 0 heterocycles. The fourth-order valence-corrected chi connectivity index (χ4v) is 3.21. The first-order chi connectivity index (χ1) is 9.63. The summed E-state index contributed by atoms with van der Waals surface area (Å²) in [5.41, 5.74) is -0.338. The minimum absolute atomic E-state index is 0.0513. The fourth-order valence-electron chi connectivity index (χ4n) is 3.03. The molecule has 0 aromatic heterocycles. The molecule has 2 nitrogen and oxygen atoms in total. The lowest BCUT2D eigenvalue weighted by atomic mass is 9.83. The maximum atomic E-state index is 14.2. The molecule has 1 amide bonds. The Morgan fingerprint density at radius 3 is 2.67 bits per heavy atom. The summed E-state index contributed by atoms with van der Waals surface area (Å²) in [6.07, 6.45) is 3.05. The first-order valence-electron chi connectivity index (χ1n) is 7.39. The van der Waals surface area contributed by atoms with Gasteiger partial charge in [0.05, 0.1) is 10.4 Å². The van der Waals surface area contributed by atoms with Gasteiger partial charge in [-0.15, -0.1) is 0 Å². The first-order valence-corrected chi connectivity index (χ1v) is 7.77. The molecule has 1 fully saturated rings. The molecular weight excluding hydrogens is 289 g/mol. The Kier molecular flexibility index (Phi) is 4.34. The smallest absolute Gasteiger partial charge is 0.230 e. The van der Waals surface area contributed by atoms with E-state index in [1.807, 2.05) is 0 Å². The molecule has 1 aliphatic rings. The van der Waals surface area contributed by atoms with Gasteiger partial charge in [-0.2, -0.15) is 0 Å². The van der Waals surface area contributed by atoms with Gasteiger partial charge in [0.2, 0.25) is 5.91 Å². The monoisotopic (exact) mass is 311 g/mol. The van der Waals surface area contributed by atoms with E-state index in [4.69, 9.17) is 11.6 Å². The minimum atomic E-state index is -0.943. The Labute approximate surface area is 131 Å². The molecule has 0 bridgehead atoms. The SMILES string of the molecule is CC1(C)CCC(NC(=O)C(C)(C)c2cccc(Cl)c2F)C1. The summed E-state index contributed by atoms with van der Waals surface area (Å²) in [4.78, 5) is 12.6. The van der Waals surface area contributed by atoms with E-state index in [1.54, 1.807) is 26.0 Å². The van der Waals surface area contributed by atoms with Crippen LogP contribution in [0.1, 0.15) is 52.5 Å². The molecule has 4 heteroatoms. The van der Waals surface area contributed by atoms with Crippen molar-refractivity contribution in [3.8, 4) is 0 Å². The number of hydrogen-bond acceptors (Lipinski definition) is 1. The minimum Gasteiger partial charge on any atom is -0.353 e.